The lowest BCUT2D eigenvalue weighted by molar-refractivity contribution is -0.143. The molecule has 3 N–H and O–H groups in total. The van der Waals surface area contributed by atoms with Gasteiger partial charge in [-0.2, -0.15) is 0 Å². The van der Waals surface area contributed by atoms with Crippen molar-refractivity contribution in [2.45, 2.75) is 353 Å². The van der Waals surface area contributed by atoms with Gasteiger partial charge in [0.05, 0.1) is 25.4 Å². The minimum Gasteiger partial charge on any atom is -0.466 e. The number of carbonyl (C=O) groups is 2. The summed E-state index contributed by atoms with van der Waals surface area (Å²) < 4.78 is 5.48. The Kier molecular flexibility index (Phi) is 56.0. The first-order valence-corrected chi connectivity index (χ1v) is 30.4. The highest BCUT2D eigenvalue weighted by atomic mass is 16.5. The van der Waals surface area contributed by atoms with Gasteiger partial charge < -0.3 is 20.3 Å². The van der Waals surface area contributed by atoms with Crippen molar-refractivity contribution in [3.63, 3.8) is 0 Å². The second-order valence-corrected chi connectivity index (χ2v) is 21.0. The van der Waals surface area contributed by atoms with Crippen LogP contribution in [0.5, 0.6) is 0 Å². The van der Waals surface area contributed by atoms with E-state index in [0.29, 0.717) is 25.9 Å². The molecule has 0 heterocycles. The topological polar surface area (TPSA) is 95.9 Å². The molecule has 2 unspecified atom stereocenters. The lowest BCUT2D eigenvalue weighted by atomic mass is 10.0. The molecule has 0 spiro atoms. The molecular weight excluding hydrogens is 827 g/mol. The van der Waals surface area contributed by atoms with Crippen molar-refractivity contribution in [3.8, 4) is 0 Å². The van der Waals surface area contributed by atoms with Crippen LogP contribution < -0.4 is 5.32 Å². The van der Waals surface area contributed by atoms with E-state index in [1.807, 2.05) is 0 Å². The number of aliphatic hydroxyl groups is 2. The fourth-order valence-corrected chi connectivity index (χ4v) is 9.64. The molecule has 0 bridgehead atoms. The summed E-state index contributed by atoms with van der Waals surface area (Å²) in [6, 6.07) is -0.544. The van der Waals surface area contributed by atoms with E-state index in [4.69, 9.17) is 4.74 Å². The number of esters is 1. The number of carbonyl (C=O) groups excluding carboxylic acids is 2. The number of unbranched alkanes of at least 4 members (excludes halogenated alkanes) is 44. The third-order valence-electron chi connectivity index (χ3n) is 14.3. The average Bonchev–Trinajstić information content (AvgIpc) is 3.33. The molecule has 0 rings (SSSR count). The Bertz CT molecular complexity index is 1000. The Hall–Kier alpha value is -1.40. The Balaban J connectivity index is 3.39. The normalized spacial score (nSPS) is 12.6. The molecule has 1 amide bonds. The summed E-state index contributed by atoms with van der Waals surface area (Å²) in [4.78, 5) is 24.5. The summed E-state index contributed by atoms with van der Waals surface area (Å²) in [5.41, 5.74) is 0. The minimum absolute atomic E-state index is 0.0143. The predicted molar refractivity (Wildman–Crippen MR) is 292 cm³/mol. The van der Waals surface area contributed by atoms with Gasteiger partial charge >= 0.3 is 5.97 Å². The number of amides is 1. The van der Waals surface area contributed by atoms with Gasteiger partial charge in [0.1, 0.15) is 0 Å². The third kappa shape index (κ3) is 53.8. The first-order chi connectivity index (χ1) is 33.0. The van der Waals surface area contributed by atoms with E-state index in [2.05, 4.69) is 31.3 Å². The quantitative estimate of drug-likeness (QED) is 0.0321. The van der Waals surface area contributed by atoms with Crippen molar-refractivity contribution in [3.05, 3.63) is 12.2 Å². The van der Waals surface area contributed by atoms with E-state index in [1.54, 1.807) is 0 Å². The third-order valence-corrected chi connectivity index (χ3v) is 14.3. The van der Waals surface area contributed by atoms with Crippen LogP contribution in [0.25, 0.3) is 0 Å². The lowest BCUT2D eigenvalue weighted by Crippen LogP contribution is -2.45. The largest absolute Gasteiger partial charge is 0.466 e. The standard InChI is InChI=1S/C61H119NO5/c1-3-5-7-9-11-13-15-17-31-35-39-43-47-51-55-61(66)67-56-52-48-44-40-36-32-28-26-24-22-20-18-19-21-23-25-27-30-34-38-42-46-50-54-60(65)62-58(57-63)59(64)53-49-45-41-37-33-29-16-14-12-10-8-6-4-2/h21,23,58-59,63-64H,3-20,22,24-57H2,1-2H3,(H,62,65)/b23-21-. The summed E-state index contributed by atoms with van der Waals surface area (Å²) in [6.07, 6.45) is 67.9. The fourth-order valence-electron chi connectivity index (χ4n) is 9.64. The van der Waals surface area contributed by atoms with Crippen molar-refractivity contribution in [1.82, 2.24) is 5.32 Å². The van der Waals surface area contributed by atoms with Crippen molar-refractivity contribution in [1.29, 1.82) is 0 Å². The van der Waals surface area contributed by atoms with Crippen molar-refractivity contribution in [2.24, 2.45) is 0 Å². The number of aliphatic hydroxyl groups excluding tert-OH is 2. The van der Waals surface area contributed by atoms with Crippen LogP contribution in [0.15, 0.2) is 12.2 Å². The molecule has 2 atom stereocenters. The Morgan fingerprint density at radius 1 is 0.403 bits per heavy atom. The van der Waals surface area contributed by atoms with E-state index >= 15 is 0 Å². The van der Waals surface area contributed by atoms with E-state index in [0.717, 1.165) is 38.5 Å². The molecule has 0 aromatic heterocycles. The van der Waals surface area contributed by atoms with Crippen LogP contribution in [0.1, 0.15) is 341 Å². The van der Waals surface area contributed by atoms with Crippen molar-refractivity contribution < 1.29 is 24.5 Å². The van der Waals surface area contributed by atoms with Crippen LogP contribution in [-0.2, 0) is 14.3 Å². The zero-order chi connectivity index (χ0) is 48.6. The van der Waals surface area contributed by atoms with E-state index in [1.165, 1.54) is 270 Å². The fraction of sp³-hybridized carbons (Fsp3) is 0.934. The highest BCUT2D eigenvalue weighted by molar-refractivity contribution is 5.76. The molecule has 6 nitrogen and oxygen atoms in total. The maximum absolute atomic E-state index is 12.5. The van der Waals surface area contributed by atoms with Gasteiger partial charge in [-0.05, 0) is 51.4 Å². The Labute approximate surface area is 419 Å². The molecule has 0 saturated heterocycles. The van der Waals surface area contributed by atoms with Crippen LogP contribution in [0.2, 0.25) is 0 Å². The zero-order valence-corrected chi connectivity index (χ0v) is 45.4. The molecule has 0 aliphatic rings. The number of allylic oxidation sites excluding steroid dienone is 2. The lowest BCUT2D eigenvalue weighted by Gasteiger charge is -2.22. The van der Waals surface area contributed by atoms with Gasteiger partial charge in [-0.3, -0.25) is 9.59 Å². The molecule has 0 aliphatic carbocycles. The highest BCUT2D eigenvalue weighted by Crippen LogP contribution is 2.18. The molecule has 0 aromatic carbocycles. The summed E-state index contributed by atoms with van der Waals surface area (Å²) in [6.45, 7) is 4.97. The van der Waals surface area contributed by atoms with Crippen LogP contribution in [0.3, 0.4) is 0 Å². The van der Waals surface area contributed by atoms with Crippen molar-refractivity contribution >= 4 is 11.9 Å². The molecular formula is C61H119NO5. The smallest absolute Gasteiger partial charge is 0.305 e. The van der Waals surface area contributed by atoms with Crippen LogP contribution in [0.4, 0.5) is 0 Å². The van der Waals surface area contributed by atoms with Gasteiger partial charge in [0.15, 0.2) is 0 Å². The van der Waals surface area contributed by atoms with Crippen molar-refractivity contribution in [2.75, 3.05) is 13.2 Å². The number of hydrogen-bond acceptors (Lipinski definition) is 5. The SMILES string of the molecule is CCCCCCCCCCCCCCCCC(=O)OCCCCCCCCCCCCCC/C=C\CCCCCCCCCC(=O)NC(CO)C(O)CCCCCCCCCCCCCCC. The Morgan fingerprint density at radius 3 is 1.06 bits per heavy atom. The number of hydrogen-bond donors (Lipinski definition) is 3. The minimum atomic E-state index is -0.666. The molecule has 0 radical (unpaired) electrons. The average molecular weight is 947 g/mol. The predicted octanol–water partition coefficient (Wildman–Crippen LogP) is 18.9. The van der Waals surface area contributed by atoms with Gasteiger partial charge in [-0.25, -0.2) is 0 Å². The van der Waals surface area contributed by atoms with E-state index < -0.39 is 12.1 Å². The molecule has 0 aromatic rings. The molecule has 0 fully saturated rings. The Morgan fingerprint density at radius 2 is 0.701 bits per heavy atom. The summed E-state index contributed by atoms with van der Waals surface area (Å²) in [7, 11) is 0. The first-order valence-electron chi connectivity index (χ1n) is 30.4. The van der Waals surface area contributed by atoms with Crippen LogP contribution >= 0.6 is 0 Å². The second kappa shape index (κ2) is 57.2. The molecule has 0 aliphatic heterocycles. The molecule has 0 saturated carbocycles. The summed E-state index contributed by atoms with van der Waals surface area (Å²) in [5.74, 6) is -0.0255. The first kappa shape index (κ1) is 65.6. The maximum atomic E-state index is 12.5. The van der Waals surface area contributed by atoms with Gasteiger partial charge in [0, 0.05) is 12.8 Å². The molecule has 6 heteroatoms. The summed E-state index contributed by atoms with van der Waals surface area (Å²) in [5, 5.41) is 23.2. The molecule has 67 heavy (non-hydrogen) atoms. The number of ether oxygens (including phenoxy) is 1. The van der Waals surface area contributed by atoms with Crippen LogP contribution in [-0.4, -0.2) is 47.4 Å². The van der Waals surface area contributed by atoms with E-state index in [-0.39, 0.29) is 18.5 Å². The summed E-state index contributed by atoms with van der Waals surface area (Å²) >= 11 is 0. The number of nitrogens with one attached hydrogen (secondary N) is 1. The number of rotatable bonds is 57. The molecule has 398 valence electrons. The van der Waals surface area contributed by atoms with Gasteiger partial charge in [-0.1, -0.05) is 289 Å². The maximum Gasteiger partial charge on any atom is 0.305 e. The second-order valence-electron chi connectivity index (χ2n) is 21.0. The van der Waals surface area contributed by atoms with E-state index in [9.17, 15) is 19.8 Å². The monoisotopic (exact) mass is 946 g/mol. The van der Waals surface area contributed by atoms with Crippen LogP contribution in [0, 0.1) is 0 Å². The van der Waals surface area contributed by atoms with Gasteiger partial charge in [0.2, 0.25) is 5.91 Å². The highest BCUT2D eigenvalue weighted by Gasteiger charge is 2.20. The zero-order valence-electron chi connectivity index (χ0n) is 45.4. The van der Waals surface area contributed by atoms with Gasteiger partial charge in [-0.15, -0.1) is 0 Å². The van der Waals surface area contributed by atoms with Gasteiger partial charge in [0.25, 0.3) is 0 Å².